The monoisotopic (exact) mass is 451 g/mol. The van der Waals surface area contributed by atoms with Crippen LogP contribution in [0.15, 0.2) is 48.5 Å². The third-order valence-corrected chi connectivity index (χ3v) is 6.07. The molecule has 1 aromatic heterocycles. The minimum Gasteiger partial charge on any atom is -0.395 e. The number of rotatable bonds is 7. The Hall–Kier alpha value is -3.72. The highest BCUT2D eigenvalue weighted by molar-refractivity contribution is 7.09. The van der Waals surface area contributed by atoms with Gasteiger partial charge in [-0.05, 0) is 61.1 Å². The fourth-order valence-corrected chi connectivity index (χ4v) is 3.92. The Morgan fingerprint density at radius 3 is 2.38 bits per heavy atom. The summed E-state index contributed by atoms with van der Waals surface area (Å²) in [6.45, 7) is 5.85. The third-order valence-electron chi connectivity index (χ3n) is 5.22. The maximum atomic E-state index is 13.5. The number of aryl methyl sites for hydroxylation is 2. The molecule has 0 radical (unpaired) electrons. The number of primary amides is 1. The molecule has 3 rings (SSSR count). The van der Waals surface area contributed by atoms with Gasteiger partial charge < -0.3 is 16.8 Å². The summed E-state index contributed by atoms with van der Waals surface area (Å²) in [5, 5.41) is 2.87. The Balaban J connectivity index is 1.94. The molecule has 0 saturated heterocycles. The normalized spacial score (nSPS) is 11.6. The van der Waals surface area contributed by atoms with Crippen molar-refractivity contribution in [3.05, 3.63) is 75.8 Å². The molecule has 0 aliphatic carbocycles. The summed E-state index contributed by atoms with van der Waals surface area (Å²) in [5.74, 6) is -1.68. The van der Waals surface area contributed by atoms with E-state index in [1.807, 2.05) is 56.3 Å². The minimum absolute atomic E-state index is 0.0553. The Bertz CT molecular complexity index is 1160. The Kier molecular flexibility index (Phi) is 6.89. The van der Waals surface area contributed by atoms with Gasteiger partial charge in [0.1, 0.15) is 10.9 Å². The summed E-state index contributed by atoms with van der Waals surface area (Å²) in [5.41, 5.74) is 14.5. The van der Waals surface area contributed by atoms with Crippen LogP contribution in [0.4, 0.5) is 11.4 Å². The number of aromatic nitrogens is 1. The maximum Gasteiger partial charge on any atom is 0.272 e. The summed E-state index contributed by atoms with van der Waals surface area (Å²) in [6, 6.07) is 14.1. The van der Waals surface area contributed by atoms with E-state index in [4.69, 9.17) is 11.5 Å². The molecule has 5 N–H and O–H groups in total. The lowest BCUT2D eigenvalue weighted by atomic mass is 10.1. The average Bonchev–Trinajstić information content (AvgIpc) is 3.16. The summed E-state index contributed by atoms with van der Waals surface area (Å²) < 4.78 is 3.92. The molecule has 0 saturated carbocycles. The van der Waals surface area contributed by atoms with E-state index in [2.05, 4.69) is 9.69 Å². The zero-order valence-electron chi connectivity index (χ0n) is 18.1. The second-order valence-corrected chi connectivity index (χ2v) is 8.23. The van der Waals surface area contributed by atoms with Crippen LogP contribution in [0.5, 0.6) is 0 Å². The molecule has 1 unspecified atom stereocenters. The van der Waals surface area contributed by atoms with Gasteiger partial charge in [0.05, 0.1) is 5.69 Å². The van der Waals surface area contributed by atoms with Crippen molar-refractivity contribution >= 4 is 40.6 Å². The quantitative estimate of drug-likeness (QED) is 0.508. The van der Waals surface area contributed by atoms with Crippen molar-refractivity contribution < 1.29 is 14.4 Å². The highest BCUT2D eigenvalue weighted by Gasteiger charge is 2.32. The van der Waals surface area contributed by atoms with Gasteiger partial charge in [0.15, 0.2) is 5.69 Å². The smallest absolute Gasteiger partial charge is 0.272 e. The van der Waals surface area contributed by atoms with Gasteiger partial charge in [-0.2, -0.15) is 4.37 Å². The molecule has 8 nitrogen and oxygen atoms in total. The number of nitrogen functional groups attached to an aromatic ring is 1. The summed E-state index contributed by atoms with van der Waals surface area (Å²) in [4.78, 5) is 39.5. The Morgan fingerprint density at radius 1 is 1.09 bits per heavy atom. The molecule has 0 aliphatic rings. The number of anilines is 2. The molecular formula is C23H25N5O3S. The molecule has 9 heteroatoms. The van der Waals surface area contributed by atoms with Crippen LogP contribution in [0.3, 0.4) is 0 Å². The fraction of sp³-hybridized carbons (Fsp3) is 0.217. The van der Waals surface area contributed by atoms with Crippen LogP contribution in [0.2, 0.25) is 0 Å². The molecule has 0 fully saturated rings. The van der Waals surface area contributed by atoms with Crippen LogP contribution in [-0.4, -0.2) is 28.1 Å². The average molecular weight is 452 g/mol. The Morgan fingerprint density at radius 2 is 1.78 bits per heavy atom. The molecule has 1 atom stereocenters. The number of nitrogens with two attached hydrogens (primary N) is 2. The third kappa shape index (κ3) is 4.78. The number of nitrogens with zero attached hydrogens (tertiary/aromatic N) is 2. The van der Waals surface area contributed by atoms with E-state index in [0.717, 1.165) is 28.2 Å². The van der Waals surface area contributed by atoms with Gasteiger partial charge in [0.2, 0.25) is 5.91 Å². The minimum atomic E-state index is -0.855. The lowest BCUT2D eigenvalue weighted by Crippen LogP contribution is -2.48. The predicted molar refractivity (Wildman–Crippen MR) is 126 cm³/mol. The van der Waals surface area contributed by atoms with Crippen LogP contribution in [0, 0.1) is 13.8 Å². The lowest BCUT2D eigenvalue weighted by Gasteiger charge is -2.29. The molecule has 0 aliphatic heterocycles. The van der Waals surface area contributed by atoms with Gasteiger partial charge in [-0.1, -0.05) is 36.4 Å². The van der Waals surface area contributed by atoms with Gasteiger partial charge in [0.25, 0.3) is 11.8 Å². The maximum absolute atomic E-state index is 13.5. The first-order valence-corrected chi connectivity index (χ1v) is 10.8. The molecule has 2 aromatic carbocycles. The summed E-state index contributed by atoms with van der Waals surface area (Å²) in [7, 11) is 0. The number of amides is 3. The van der Waals surface area contributed by atoms with Crippen LogP contribution in [0.1, 0.15) is 43.8 Å². The first kappa shape index (κ1) is 23.0. The first-order chi connectivity index (χ1) is 15.2. The SMILES string of the molecule is Cc1ccc(N(C(=O)c2snc(C(N)=O)c2N)C(C)C(=O)NCc2ccccc2)cc1C. The summed E-state index contributed by atoms with van der Waals surface area (Å²) in [6.07, 6.45) is 0. The number of hydrogen-bond donors (Lipinski definition) is 3. The zero-order valence-corrected chi connectivity index (χ0v) is 18.9. The van der Waals surface area contributed by atoms with Gasteiger partial charge >= 0.3 is 0 Å². The molecule has 1 heterocycles. The predicted octanol–water partition coefficient (Wildman–Crippen LogP) is 2.79. The van der Waals surface area contributed by atoms with Gasteiger partial charge in [-0.15, -0.1) is 0 Å². The molecule has 0 spiro atoms. The van der Waals surface area contributed by atoms with Crippen LogP contribution in [0.25, 0.3) is 0 Å². The van der Waals surface area contributed by atoms with E-state index in [1.165, 1.54) is 4.90 Å². The standard InChI is InChI=1S/C23H25N5O3S/c1-13-9-10-17(11-14(13)2)28(23(31)20-18(24)19(21(25)29)27-32-20)15(3)22(30)26-12-16-7-5-4-6-8-16/h4-11,15H,12,24H2,1-3H3,(H2,25,29)(H,26,30). The largest absolute Gasteiger partial charge is 0.395 e. The number of benzene rings is 2. The molecule has 32 heavy (non-hydrogen) atoms. The topological polar surface area (TPSA) is 131 Å². The van der Waals surface area contributed by atoms with Crippen LogP contribution < -0.4 is 21.7 Å². The molecule has 0 bridgehead atoms. The van der Waals surface area contributed by atoms with Crippen molar-refractivity contribution in [2.45, 2.75) is 33.4 Å². The van der Waals surface area contributed by atoms with Crippen LogP contribution in [-0.2, 0) is 11.3 Å². The molecule has 3 amide bonds. The number of nitrogens with one attached hydrogen (secondary N) is 1. The van der Waals surface area contributed by atoms with Crippen molar-refractivity contribution in [3.8, 4) is 0 Å². The highest BCUT2D eigenvalue weighted by atomic mass is 32.1. The van der Waals surface area contributed by atoms with Gasteiger partial charge in [0, 0.05) is 12.2 Å². The van der Waals surface area contributed by atoms with Crippen molar-refractivity contribution in [2.24, 2.45) is 5.73 Å². The number of hydrogen-bond acceptors (Lipinski definition) is 6. The lowest BCUT2D eigenvalue weighted by molar-refractivity contribution is -0.122. The van der Waals surface area contributed by atoms with Crippen molar-refractivity contribution in [3.63, 3.8) is 0 Å². The summed E-state index contributed by atoms with van der Waals surface area (Å²) >= 11 is 0.784. The zero-order chi connectivity index (χ0) is 23.4. The van der Waals surface area contributed by atoms with E-state index in [-0.39, 0.29) is 22.2 Å². The van der Waals surface area contributed by atoms with E-state index >= 15 is 0 Å². The van der Waals surface area contributed by atoms with E-state index in [1.54, 1.807) is 13.0 Å². The molecule has 3 aromatic rings. The van der Waals surface area contributed by atoms with Crippen molar-refractivity contribution in [1.82, 2.24) is 9.69 Å². The van der Waals surface area contributed by atoms with E-state index in [0.29, 0.717) is 12.2 Å². The van der Waals surface area contributed by atoms with Crippen LogP contribution >= 0.6 is 11.5 Å². The van der Waals surface area contributed by atoms with Crippen molar-refractivity contribution in [2.75, 3.05) is 10.6 Å². The Labute approximate surface area is 190 Å². The number of carbonyl (C=O) groups is 3. The van der Waals surface area contributed by atoms with E-state index < -0.39 is 17.9 Å². The van der Waals surface area contributed by atoms with Gasteiger partial charge in [-0.25, -0.2) is 0 Å². The first-order valence-electron chi connectivity index (χ1n) is 9.98. The van der Waals surface area contributed by atoms with Gasteiger partial charge in [-0.3, -0.25) is 19.3 Å². The second-order valence-electron chi connectivity index (χ2n) is 7.46. The highest BCUT2D eigenvalue weighted by Crippen LogP contribution is 2.28. The van der Waals surface area contributed by atoms with E-state index in [9.17, 15) is 14.4 Å². The molecule has 166 valence electrons. The molecular weight excluding hydrogens is 426 g/mol. The number of carbonyl (C=O) groups excluding carboxylic acids is 3. The fourth-order valence-electron chi connectivity index (χ4n) is 3.18. The second kappa shape index (κ2) is 9.61. The van der Waals surface area contributed by atoms with Crippen molar-refractivity contribution in [1.29, 1.82) is 0 Å².